The van der Waals surface area contributed by atoms with Crippen LogP contribution in [-0.4, -0.2) is 24.6 Å². The topological polar surface area (TPSA) is 60.4 Å². The summed E-state index contributed by atoms with van der Waals surface area (Å²) < 4.78 is 33.3. The number of rotatable bonds is 14. The van der Waals surface area contributed by atoms with Gasteiger partial charge in [0.05, 0.1) is 27.5 Å². The Morgan fingerprint density at radius 3 is 1.65 bits per heavy atom. The van der Waals surface area contributed by atoms with E-state index in [4.69, 9.17) is 4.74 Å². The van der Waals surface area contributed by atoms with Crippen LogP contribution in [0.1, 0.15) is 90.7 Å². The molecule has 0 aliphatic carbocycles. The van der Waals surface area contributed by atoms with E-state index in [9.17, 15) is 13.2 Å². The van der Waals surface area contributed by atoms with Crippen LogP contribution in [-0.2, 0) is 31.1 Å². The average Bonchev–Trinajstić information content (AvgIpc) is 2.84. The molecule has 2 aromatic carbocycles. The molecular weight excluding hydrogens is 500 g/mol. The van der Waals surface area contributed by atoms with Crippen molar-refractivity contribution in [2.45, 2.75) is 113 Å². The molecule has 0 aromatic heterocycles. The number of hydrogen-bond donors (Lipinski definition) is 0. The van der Waals surface area contributed by atoms with Gasteiger partial charge in [0.2, 0.25) is 0 Å². The summed E-state index contributed by atoms with van der Waals surface area (Å²) in [5.41, 5.74) is 1.52. The lowest BCUT2D eigenvalue weighted by molar-refractivity contribution is -0.161. The van der Waals surface area contributed by atoms with E-state index >= 15 is 0 Å². The number of carbonyl (C=O) groups excluding carboxylic acids is 1. The smallest absolute Gasteiger partial charge is 0.309 e. The molecule has 0 fully saturated rings. The van der Waals surface area contributed by atoms with Crippen molar-refractivity contribution >= 4 is 27.6 Å². The van der Waals surface area contributed by atoms with Gasteiger partial charge in [-0.05, 0) is 71.2 Å². The van der Waals surface area contributed by atoms with E-state index in [1.807, 2.05) is 90.1 Å². The van der Waals surface area contributed by atoms with E-state index < -0.39 is 37.7 Å². The highest BCUT2D eigenvalue weighted by Gasteiger charge is 2.40. The van der Waals surface area contributed by atoms with Gasteiger partial charge in [-0.25, -0.2) is 0 Å². The zero-order chi connectivity index (χ0) is 27.6. The number of aryl methyl sites for hydroxylation is 2. The fraction of sp³-hybridized carbons (Fsp3) is 0.581. The van der Waals surface area contributed by atoms with Crippen molar-refractivity contribution in [2.75, 3.05) is 0 Å². The highest BCUT2D eigenvalue weighted by Crippen LogP contribution is 2.35. The lowest BCUT2D eigenvalue weighted by Crippen LogP contribution is -2.39. The first kappa shape index (κ1) is 31.4. The second-order valence-corrected chi connectivity index (χ2v) is 14.6. The molecule has 2 rings (SSSR count). The van der Waals surface area contributed by atoms with Crippen molar-refractivity contribution < 1.29 is 17.9 Å². The maximum Gasteiger partial charge on any atom is 0.309 e. The molecule has 206 valence electrons. The number of hydrogen-bond acceptors (Lipinski definition) is 4. The zero-order valence-corrected chi connectivity index (χ0v) is 25.4. The molecule has 4 nitrogen and oxygen atoms in total. The fourth-order valence-corrected chi connectivity index (χ4v) is 8.39. The van der Waals surface area contributed by atoms with Gasteiger partial charge in [-0.15, -0.1) is 0 Å². The molecule has 37 heavy (non-hydrogen) atoms. The number of esters is 1. The molecule has 0 saturated carbocycles. The molecular formula is C31H46O4S2. The Morgan fingerprint density at radius 1 is 0.784 bits per heavy atom. The minimum absolute atomic E-state index is 0.324. The van der Waals surface area contributed by atoms with Crippen LogP contribution in [0.15, 0.2) is 58.3 Å². The van der Waals surface area contributed by atoms with Gasteiger partial charge in [-0.3, -0.25) is 13.2 Å². The summed E-state index contributed by atoms with van der Waals surface area (Å²) in [6, 6.07) is 15.1. The van der Waals surface area contributed by atoms with Crippen molar-refractivity contribution in [2.24, 2.45) is 11.8 Å². The minimum Gasteiger partial charge on any atom is -0.460 e. The summed E-state index contributed by atoms with van der Waals surface area (Å²) in [4.78, 5) is 14.5. The third kappa shape index (κ3) is 10.1. The molecule has 0 N–H and O–H groups in total. The Balaban J connectivity index is 2.47. The summed E-state index contributed by atoms with van der Waals surface area (Å²) in [6.07, 6.45) is 7.34. The quantitative estimate of drug-likeness (QED) is 0.179. The van der Waals surface area contributed by atoms with Crippen molar-refractivity contribution in [3.05, 3.63) is 59.7 Å². The third-order valence-corrected chi connectivity index (χ3v) is 10.7. The first-order chi connectivity index (χ1) is 17.4. The molecule has 0 aliphatic rings. The van der Waals surface area contributed by atoms with Gasteiger partial charge < -0.3 is 4.74 Å². The second-order valence-electron chi connectivity index (χ2n) is 11.1. The maximum atomic E-state index is 14.1. The Morgan fingerprint density at radius 2 is 1.22 bits per heavy atom. The van der Waals surface area contributed by atoms with E-state index in [1.54, 1.807) is 0 Å². The van der Waals surface area contributed by atoms with E-state index in [2.05, 4.69) is 6.92 Å². The van der Waals surface area contributed by atoms with Gasteiger partial charge in [0.25, 0.3) is 0 Å². The van der Waals surface area contributed by atoms with E-state index in [-0.39, 0.29) is 11.9 Å². The number of ether oxygens (including phenoxy) is 1. The molecule has 0 amide bonds. The normalized spacial score (nSPS) is 15.2. The lowest BCUT2D eigenvalue weighted by Gasteiger charge is -2.32. The number of benzene rings is 2. The molecule has 0 bridgehead atoms. The molecule has 0 spiro atoms. The van der Waals surface area contributed by atoms with Crippen LogP contribution in [0.25, 0.3) is 0 Å². The molecule has 4 atom stereocenters. The SMILES string of the molecule is CCCCCCCC[C@@H](C([S@@](=O)c1ccc(C)cc1)[S@@](=O)c1ccc(C)cc1)[C@H](C)C(=O)OC(C)(C)C. The standard InChI is InChI=1S/C31H46O4S2/c1-8-9-10-11-12-13-14-28(25(4)29(32)35-31(5,6)7)30(36(33)26-19-15-23(2)16-20-26)37(34)27-21-17-24(3)18-22-27/h15-22,25,28,30H,8-14H2,1-7H3/t25-,28+,36-,37-/m0/s1. The second kappa shape index (κ2) is 15.0. The van der Waals surface area contributed by atoms with Gasteiger partial charge in [0.15, 0.2) is 0 Å². The Kier molecular flexibility index (Phi) is 12.7. The lowest BCUT2D eigenvalue weighted by atomic mass is 9.90. The molecule has 6 heteroatoms. The van der Waals surface area contributed by atoms with Crippen molar-refractivity contribution in [3.8, 4) is 0 Å². The Hall–Kier alpha value is -1.79. The molecule has 2 aromatic rings. The first-order valence-electron chi connectivity index (χ1n) is 13.6. The first-order valence-corrected chi connectivity index (χ1v) is 16.0. The number of unbranched alkanes of at least 4 members (excludes halogenated alkanes) is 5. The number of carbonyl (C=O) groups is 1. The van der Waals surface area contributed by atoms with Crippen LogP contribution in [0.2, 0.25) is 0 Å². The zero-order valence-electron chi connectivity index (χ0n) is 23.8. The van der Waals surface area contributed by atoms with Crippen LogP contribution in [0.4, 0.5) is 0 Å². The van der Waals surface area contributed by atoms with Crippen LogP contribution < -0.4 is 0 Å². The van der Waals surface area contributed by atoms with Crippen LogP contribution in [0, 0.1) is 25.7 Å². The molecule has 0 saturated heterocycles. The Labute approximate surface area is 229 Å². The summed E-state index contributed by atoms with van der Waals surface area (Å²) in [5.74, 6) is -1.22. The van der Waals surface area contributed by atoms with Crippen molar-refractivity contribution in [3.63, 3.8) is 0 Å². The van der Waals surface area contributed by atoms with Gasteiger partial charge in [0, 0.05) is 9.79 Å². The summed E-state index contributed by atoms with van der Waals surface area (Å²) in [6.45, 7) is 13.6. The molecule has 0 unspecified atom stereocenters. The predicted octanol–water partition coefficient (Wildman–Crippen LogP) is 7.89. The molecule has 0 radical (unpaired) electrons. The van der Waals surface area contributed by atoms with Gasteiger partial charge >= 0.3 is 5.97 Å². The largest absolute Gasteiger partial charge is 0.460 e. The summed E-state index contributed by atoms with van der Waals surface area (Å²) >= 11 is 0. The van der Waals surface area contributed by atoms with Crippen LogP contribution in [0.3, 0.4) is 0 Å². The maximum absolute atomic E-state index is 14.1. The summed E-state index contributed by atoms with van der Waals surface area (Å²) in [5, 5.41) is 0. The Bertz CT molecular complexity index is 965. The van der Waals surface area contributed by atoms with Crippen molar-refractivity contribution in [1.82, 2.24) is 0 Å². The molecule has 0 aliphatic heterocycles. The van der Waals surface area contributed by atoms with Crippen molar-refractivity contribution in [1.29, 1.82) is 0 Å². The summed E-state index contributed by atoms with van der Waals surface area (Å²) in [7, 11) is -3.15. The fourth-order valence-electron chi connectivity index (χ4n) is 4.36. The van der Waals surface area contributed by atoms with Gasteiger partial charge in [0.1, 0.15) is 10.2 Å². The van der Waals surface area contributed by atoms with E-state index in [0.29, 0.717) is 16.2 Å². The van der Waals surface area contributed by atoms with E-state index in [0.717, 1.165) is 30.4 Å². The minimum atomic E-state index is -1.57. The average molecular weight is 547 g/mol. The van der Waals surface area contributed by atoms with Gasteiger partial charge in [-0.1, -0.05) is 87.8 Å². The van der Waals surface area contributed by atoms with E-state index in [1.165, 1.54) is 19.3 Å². The highest BCUT2D eigenvalue weighted by atomic mass is 32.2. The third-order valence-electron chi connectivity index (χ3n) is 6.59. The van der Waals surface area contributed by atoms with Gasteiger partial charge in [-0.2, -0.15) is 0 Å². The van der Waals surface area contributed by atoms with Crippen LogP contribution in [0.5, 0.6) is 0 Å². The molecule has 0 heterocycles. The predicted molar refractivity (Wildman–Crippen MR) is 155 cm³/mol. The van der Waals surface area contributed by atoms with Crippen LogP contribution >= 0.6 is 0 Å². The monoisotopic (exact) mass is 546 g/mol. The highest BCUT2D eigenvalue weighted by molar-refractivity contribution is 8.03.